The number of aliphatic carboxylic acids is 1. The minimum atomic E-state index is -1.02. The first-order valence-electron chi connectivity index (χ1n) is 5.25. The first kappa shape index (κ1) is 12.2. The number of carbonyl (C=O) groups excluding carboxylic acids is 1. The molecule has 0 bridgehead atoms. The zero-order valence-corrected chi connectivity index (χ0v) is 9.25. The number of nitrogens with zero attached hydrogens (tertiary/aromatic N) is 1. The summed E-state index contributed by atoms with van der Waals surface area (Å²) < 4.78 is 5.01. The van der Waals surface area contributed by atoms with E-state index in [0.717, 1.165) is 0 Å². The third-order valence-electron chi connectivity index (χ3n) is 2.63. The second-order valence-corrected chi connectivity index (χ2v) is 3.87. The molecule has 1 aromatic rings. The van der Waals surface area contributed by atoms with E-state index in [2.05, 4.69) is 15.5 Å². The van der Waals surface area contributed by atoms with Crippen LogP contribution in [0.5, 0.6) is 0 Å². The van der Waals surface area contributed by atoms with Crippen molar-refractivity contribution in [2.24, 2.45) is 5.92 Å². The minimum Gasteiger partial charge on any atom is -0.481 e. The molecule has 1 fully saturated rings. The van der Waals surface area contributed by atoms with Gasteiger partial charge in [-0.25, -0.2) is 5.10 Å². The number of nitrogens with one attached hydrogen (secondary N) is 2. The molecule has 2 unspecified atom stereocenters. The van der Waals surface area contributed by atoms with Crippen molar-refractivity contribution in [2.75, 3.05) is 13.2 Å². The first-order valence-corrected chi connectivity index (χ1v) is 5.25. The third kappa shape index (κ3) is 2.54. The lowest BCUT2D eigenvalue weighted by atomic mass is 10.0. The summed E-state index contributed by atoms with van der Waals surface area (Å²) in [6.45, 7) is 0.214. The predicted octanol–water partition coefficient (Wildman–Crippen LogP) is -1.40. The number of aromatic nitrogens is 2. The first-order chi connectivity index (χ1) is 8.58. The predicted molar refractivity (Wildman–Crippen MR) is 58.1 cm³/mol. The maximum Gasteiger partial charge on any atom is 0.311 e. The number of carbonyl (C=O) groups is 2. The maximum atomic E-state index is 11.7. The van der Waals surface area contributed by atoms with Crippen molar-refractivity contribution < 1.29 is 19.4 Å². The summed E-state index contributed by atoms with van der Waals surface area (Å²) >= 11 is 0. The van der Waals surface area contributed by atoms with Crippen LogP contribution in [0.1, 0.15) is 10.5 Å². The Labute approximate surface area is 101 Å². The fraction of sp³-hybridized carbons (Fsp3) is 0.400. The van der Waals surface area contributed by atoms with Crippen LogP contribution in [-0.2, 0) is 9.53 Å². The Morgan fingerprint density at radius 2 is 2.22 bits per heavy atom. The highest BCUT2D eigenvalue weighted by atomic mass is 16.5. The van der Waals surface area contributed by atoms with E-state index in [9.17, 15) is 14.4 Å². The summed E-state index contributed by atoms with van der Waals surface area (Å²) in [5.41, 5.74) is -0.398. The van der Waals surface area contributed by atoms with Crippen molar-refractivity contribution in [1.29, 1.82) is 0 Å². The average Bonchev–Trinajstić information content (AvgIpc) is 2.78. The third-order valence-corrected chi connectivity index (χ3v) is 2.63. The molecule has 2 rings (SSSR count). The molecule has 0 spiro atoms. The number of amides is 1. The molecule has 8 nitrogen and oxygen atoms in total. The molecular formula is C10H11N3O5. The Kier molecular flexibility index (Phi) is 3.38. The second-order valence-electron chi connectivity index (χ2n) is 3.87. The van der Waals surface area contributed by atoms with Crippen LogP contribution in [0.15, 0.2) is 16.9 Å². The zero-order chi connectivity index (χ0) is 13.1. The van der Waals surface area contributed by atoms with E-state index in [-0.39, 0.29) is 18.9 Å². The smallest absolute Gasteiger partial charge is 0.311 e. The van der Waals surface area contributed by atoms with Crippen LogP contribution in [0, 0.1) is 5.92 Å². The van der Waals surface area contributed by atoms with Gasteiger partial charge in [0.05, 0.1) is 19.3 Å². The van der Waals surface area contributed by atoms with Crippen LogP contribution in [0.3, 0.4) is 0 Å². The van der Waals surface area contributed by atoms with Crippen molar-refractivity contribution in [3.8, 4) is 0 Å². The van der Waals surface area contributed by atoms with Crippen LogP contribution in [-0.4, -0.2) is 46.4 Å². The molecule has 1 aliphatic rings. The average molecular weight is 253 g/mol. The van der Waals surface area contributed by atoms with Gasteiger partial charge < -0.3 is 15.2 Å². The van der Waals surface area contributed by atoms with Gasteiger partial charge in [-0.2, -0.15) is 5.10 Å². The Bertz CT molecular complexity index is 506. The lowest BCUT2D eigenvalue weighted by Gasteiger charge is -2.14. The molecule has 1 aromatic heterocycles. The number of hydrogen-bond donors (Lipinski definition) is 3. The lowest BCUT2D eigenvalue weighted by molar-refractivity contribution is -0.142. The summed E-state index contributed by atoms with van der Waals surface area (Å²) in [6, 6.07) is 1.84. The van der Waals surface area contributed by atoms with E-state index < -0.39 is 29.4 Å². The normalized spacial score (nSPS) is 22.7. The summed E-state index contributed by atoms with van der Waals surface area (Å²) in [6.07, 6.45) is 0. The van der Waals surface area contributed by atoms with Crippen molar-refractivity contribution in [2.45, 2.75) is 6.04 Å². The standard InChI is InChI=1S/C10H11N3O5/c14-8-2-1-6(12-13-8)9(15)11-7-4-18-3-5(7)10(16)17/h1-2,5,7H,3-4H2,(H,11,15)(H,13,14)(H,16,17). The molecular weight excluding hydrogens is 242 g/mol. The number of carboxylic acid groups (broad SMARTS) is 1. The SMILES string of the molecule is O=C(NC1COCC1C(=O)O)c1ccc(=O)[nH]n1. The molecule has 0 aliphatic carbocycles. The molecule has 0 radical (unpaired) electrons. The summed E-state index contributed by atoms with van der Waals surface area (Å²) in [5.74, 6) is -2.34. The van der Waals surface area contributed by atoms with Gasteiger partial charge in [0.15, 0.2) is 0 Å². The van der Waals surface area contributed by atoms with Gasteiger partial charge in [-0.05, 0) is 6.07 Å². The van der Waals surface area contributed by atoms with Crippen molar-refractivity contribution in [3.63, 3.8) is 0 Å². The minimum absolute atomic E-state index is 0.0191. The van der Waals surface area contributed by atoms with Crippen molar-refractivity contribution in [1.82, 2.24) is 15.5 Å². The van der Waals surface area contributed by atoms with Crippen LogP contribution < -0.4 is 10.9 Å². The quantitative estimate of drug-likeness (QED) is 0.609. The van der Waals surface area contributed by atoms with Gasteiger partial charge in [-0.1, -0.05) is 0 Å². The van der Waals surface area contributed by atoms with E-state index in [1.165, 1.54) is 12.1 Å². The highest BCUT2D eigenvalue weighted by molar-refractivity contribution is 5.92. The largest absolute Gasteiger partial charge is 0.481 e. The highest BCUT2D eigenvalue weighted by Crippen LogP contribution is 2.14. The highest BCUT2D eigenvalue weighted by Gasteiger charge is 2.35. The van der Waals surface area contributed by atoms with Gasteiger partial charge in [0.2, 0.25) is 0 Å². The van der Waals surface area contributed by atoms with Gasteiger partial charge in [-0.3, -0.25) is 14.4 Å². The van der Waals surface area contributed by atoms with E-state index in [1.807, 2.05) is 0 Å². The maximum absolute atomic E-state index is 11.7. The van der Waals surface area contributed by atoms with E-state index >= 15 is 0 Å². The Morgan fingerprint density at radius 3 is 2.83 bits per heavy atom. The number of aromatic amines is 1. The van der Waals surface area contributed by atoms with Gasteiger partial charge in [0, 0.05) is 6.07 Å². The van der Waals surface area contributed by atoms with E-state index in [4.69, 9.17) is 9.84 Å². The molecule has 8 heteroatoms. The molecule has 2 heterocycles. The zero-order valence-electron chi connectivity index (χ0n) is 9.25. The van der Waals surface area contributed by atoms with Crippen LogP contribution in [0.25, 0.3) is 0 Å². The van der Waals surface area contributed by atoms with E-state index in [0.29, 0.717) is 0 Å². The van der Waals surface area contributed by atoms with Gasteiger partial charge in [0.25, 0.3) is 11.5 Å². The Morgan fingerprint density at radius 1 is 1.44 bits per heavy atom. The van der Waals surface area contributed by atoms with Gasteiger partial charge in [0.1, 0.15) is 11.6 Å². The number of carboxylic acids is 1. The summed E-state index contributed by atoms with van der Waals surface area (Å²) in [7, 11) is 0. The topological polar surface area (TPSA) is 121 Å². The van der Waals surface area contributed by atoms with Crippen LogP contribution >= 0.6 is 0 Å². The number of hydrogen-bond acceptors (Lipinski definition) is 5. The lowest BCUT2D eigenvalue weighted by Crippen LogP contribution is -2.43. The molecule has 1 saturated heterocycles. The van der Waals surface area contributed by atoms with E-state index in [1.54, 1.807) is 0 Å². The monoisotopic (exact) mass is 253 g/mol. The number of H-pyrrole nitrogens is 1. The molecule has 96 valence electrons. The Balaban J connectivity index is 2.05. The summed E-state index contributed by atoms with van der Waals surface area (Å²) in [4.78, 5) is 33.4. The molecule has 18 heavy (non-hydrogen) atoms. The fourth-order valence-corrected chi connectivity index (χ4v) is 1.65. The van der Waals surface area contributed by atoms with Crippen LogP contribution in [0.4, 0.5) is 0 Å². The number of rotatable bonds is 3. The Hall–Kier alpha value is -2.22. The fourth-order valence-electron chi connectivity index (χ4n) is 1.65. The number of ether oxygens (including phenoxy) is 1. The second kappa shape index (κ2) is 4.96. The molecule has 0 saturated carbocycles. The van der Waals surface area contributed by atoms with Crippen molar-refractivity contribution in [3.05, 3.63) is 28.2 Å². The van der Waals surface area contributed by atoms with Crippen molar-refractivity contribution >= 4 is 11.9 Å². The van der Waals surface area contributed by atoms with Crippen LogP contribution in [0.2, 0.25) is 0 Å². The molecule has 1 aliphatic heterocycles. The molecule has 0 aromatic carbocycles. The molecule has 2 atom stereocenters. The summed E-state index contributed by atoms with van der Waals surface area (Å²) in [5, 5.41) is 17.1. The molecule has 1 amide bonds. The van der Waals surface area contributed by atoms with Gasteiger partial charge >= 0.3 is 5.97 Å². The van der Waals surface area contributed by atoms with Gasteiger partial charge in [-0.15, -0.1) is 0 Å². The molecule has 3 N–H and O–H groups in total.